The van der Waals surface area contributed by atoms with Crippen LogP contribution in [0.4, 0.5) is 0 Å². The lowest BCUT2D eigenvalue weighted by Crippen LogP contribution is -2.07. The van der Waals surface area contributed by atoms with Crippen molar-refractivity contribution in [2.24, 2.45) is 0 Å². The van der Waals surface area contributed by atoms with Gasteiger partial charge in [0.15, 0.2) is 0 Å². The van der Waals surface area contributed by atoms with E-state index < -0.39 is 12.2 Å². The fourth-order valence-electron chi connectivity index (χ4n) is 2.87. The molecule has 28 heavy (non-hydrogen) atoms. The molecule has 0 fully saturated rings. The molecular weight excluding hydrogens is 348 g/mol. The lowest BCUT2D eigenvalue weighted by molar-refractivity contribution is 0.178. The Balaban J connectivity index is 2.36. The summed E-state index contributed by atoms with van der Waals surface area (Å²) in [4.78, 5) is 0. The average Bonchev–Trinajstić information content (AvgIpc) is 3.18. The summed E-state index contributed by atoms with van der Waals surface area (Å²) in [5.74, 6) is 0. The van der Waals surface area contributed by atoms with Gasteiger partial charge in [0.2, 0.25) is 0 Å². The molecule has 1 heterocycles. The van der Waals surface area contributed by atoms with Crippen LogP contribution in [0.1, 0.15) is 84.8 Å². The van der Waals surface area contributed by atoms with Crippen LogP contribution in [0.3, 0.4) is 0 Å². The molecule has 1 aromatic heterocycles. The van der Waals surface area contributed by atoms with Gasteiger partial charge in [0.25, 0.3) is 0 Å². The predicted molar refractivity (Wildman–Crippen MR) is 118 cm³/mol. The fourth-order valence-corrected chi connectivity index (χ4v) is 2.87. The smallest absolute Gasteiger partial charge is 0.0960 e. The molecule has 0 saturated heterocycles. The van der Waals surface area contributed by atoms with E-state index in [-0.39, 0.29) is 0 Å². The van der Waals surface area contributed by atoms with Crippen molar-refractivity contribution in [1.82, 2.24) is 0 Å². The second kappa shape index (κ2) is 13.4. The van der Waals surface area contributed by atoms with Crippen LogP contribution in [0.15, 0.2) is 69.6 Å². The summed E-state index contributed by atoms with van der Waals surface area (Å²) in [5, 5.41) is 20.4. The Labute approximate surface area is 171 Å². The molecule has 1 aromatic rings. The van der Waals surface area contributed by atoms with Crippen molar-refractivity contribution < 1.29 is 14.6 Å². The summed E-state index contributed by atoms with van der Waals surface area (Å²) < 4.78 is 4.99. The van der Waals surface area contributed by atoms with Gasteiger partial charge in [-0.15, -0.1) is 0 Å². The minimum absolute atomic E-state index is 0.474. The van der Waals surface area contributed by atoms with Crippen LogP contribution in [0.2, 0.25) is 0 Å². The molecule has 0 aliphatic heterocycles. The molecule has 3 heteroatoms. The van der Waals surface area contributed by atoms with Gasteiger partial charge in [0, 0.05) is 5.56 Å². The van der Waals surface area contributed by atoms with E-state index in [0.717, 1.165) is 36.8 Å². The number of aliphatic hydroxyl groups excluding tert-OH is 2. The van der Waals surface area contributed by atoms with Crippen LogP contribution >= 0.6 is 0 Å². The highest BCUT2D eigenvalue weighted by Crippen LogP contribution is 2.20. The normalized spacial score (nSPS) is 15.5. The fraction of sp³-hybridized carbons (Fsp3) is 0.520. The molecule has 1 rings (SSSR count). The molecule has 0 aliphatic carbocycles. The van der Waals surface area contributed by atoms with Gasteiger partial charge in [0.1, 0.15) is 0 Å². The predicted octanol–water partition coefficient (Wildman–Crippen LogP) is 6.82. The van der Waals surface area contributed by atoms with Crippen molar-refractivity contribution in [3.8, 4) is 0 Å². The first-order valence-corrected chi connectivity index (χ1v) is 10.3. The molecule has 0 aliphatic rings. The van der Waals surface area contributed by atoms with E-state index in [1.165, 1.54) is 16.7 Å². The van der Waals surface area contributed by atoms with E-state index in [2.05, 4.69) is 45.9 Å². The molecular formula is C25H38O3. The van der Waals surface area contributed by atoms with Crippen molar-refractivity contribution in [2.45, 2.75) is 85.4 Å². The summed E-state index contributed by atoms with van der Waals surface area (Å²) in [6, 6.07) is 1.76. The molecule has 0 saturated carbocycles. The van der Waals surface area contributed by atoms with Gasteiger partial charge in [-0.1, -0.05) is 41.0 Å². The largest absolute Gasteiger partial charge is 0.472 e. The van der Waals surface area contributed by atoms with Crippen molar-refractivity contribution >= 4 is 0 Å². The zero-order valence-electron chi connectivity index (χ0n) is 18.2. The topological polar surface area (TPSA) is 53.6 Å². The van der Waals surface area contributed by atoms with Gasteiger partial charge < -0.3 is 14.6 Å². The lowest BCUT2D eigenvalue weighted by atomic mass is 10.0. The minimum Gasteiger partial charge on any atom is -0.472 e. The van der Waals surface area contributed by atoms with Gasteiger partial charge in [0.05, 0.1) is 24.7 Å². The molecule has 2 unspecified atom stereocenters. The highest BCUT2D eigenvalue weighted by molar-refractivity contribution is 5.14. The Morgan fingerprint density at radius 3 is 2.14 bits per heavy atom. The van der Waals surface area contributed by atoms with Gasteiger partial charge in [-0.3, -0.25) is 0 Å². The third-order valence-electron chi connectivity index (χ3n) is 4.93. The summed E-state index contributed by atoms with van der Waals surface area (Å²) in [6.07, 6.45) is 16.0. The lowest BCUT2D eigenvalue weighted by Gasteiger charge is -2.11. The number of hydrogen-bond donors (Lipinski definition) is 2. The highest BCUT2D eigenvalue weighted by atomic mass is 16.3. The Kier molecular flexibility index (Phi) is 11.5. The molecule has 0 spiro atoms. The van der Waals surface area contributed by atoms with Crippen molar-refractivity contribution in [2.75, 3.05) is 0 Å². The first-order chi connectivity index (χ1) is 13.3. The molecule has 0 bridgehead atoms. The quantitative estimate of drug-likeness (QED) is 0.388. The van der Waals surface area contributed by atoms with Crippen LogP contribution in [0.25, 0.3) is 0 Å². The molecule has 2 atom stereocenters. The summed E-state index contributed by atoms with van der Waals surface area (Å²) in [5.41, 5.74) is 5.78. The molecule has 156 valence electrons. The first kappa shape index (κ1) is 24.2. The SMILES string of the molecule is CC(C)=CCCC(C)=CCCC(C)=CCC(O)C(C)=CCC(O)c1ccoc1. The molecule has 0 aromatic carbocycles. The average molecular weight is 387 g/mol. The molecule has 0 radical (unpaired) electrons. The van der Waals surface area contributed by atoms with Crippen LogP contribution in [-0.2, 0) is 0 Å². The Hall–Kier alpha value is -1.84. The highest BCUT2D eigenvalue weighted by Gasteiger charge is 2.09. The summed E-state index contributed by atoms with van der Waals surface area (Å²) >= 11 is 0. The summed E-state index contributed by atoms with van der Waals surface area (Å²) in [7, 11) is 0. The molecule has 2 N–H and O–H groups in total. The molecule has 0 amide bonds. The van der Waals surface area contributed by atoms with E-state index >= 15 is 0 Å². The van der Waals surface area contributed by atoms with Crippen LogP contribution in [0, 0.1) is 0 Å². The van der Waals surface area contributed by atoms with Crippen molar-refractivity contribution in [3.63, 3.8) is 0 Å². The van der Waals surface area contributed by atoms with E-state index in [1.807, 2.05) is 13.0 Å². The summed E-state index contributed by atoms with van der Waals surface area (Å²) in [6.45, 7) is 10.5. The minimum atomic E-state index is -0.593. The first-order valence-electron chi connectivity index (χ1n) is 10.3. The third kappa shape index (κ3) is 10.5. The van der Waals surface area contributed by atoms with Crippen LogP contribution in [-0.4, -0.2) is 16.3 Å². The van der Waals surface area contributed by atoms with Gasteiger partial charge in [-0.2, -0.15) is 0 Å². The van der Waals surface area contributed by atoms with E-state index in [1.54, 1.807) is 18.6 Å². The molecule has 3 nitrogen and oxygen atoms in total. The number of rotatable bonds is 12. The maximum Gasteiger partial charge on any atom is 0.0960 e. The number of furan rings is 1. The zero-order valence-corrected chi connectivity index (χ0v) is 18.2. The van der Waals surface area contributed by atoms with Gasteiger partial charge in [-0.25, -0.2) is 0 Å². The number of allylic oxidation sites excluding steroid dienone is 5. The zero-order chi connectivity index (χ0) is 20.9. The van der Waals surface area contributed by atoms with Crippen LogP contribution in [0.5, 0.6) is 0 Å². The number of hydrogen-bond acceptors (Lipinski definition) is 3. The van der Waals surface area contributed by atoms with E-state index in [9.17, 15) is 10.2 Å². The Morgan fingerprint density at radius 2 is 1.54 bits per heavy atom. The van der Waals surface area contributed by atoms with Crippen molar-refractivity contribution in [3.05, 3.63) is 70.8 Å². The maximum absolute atomic E-state index is 10.3. The van der Waals surface area contributed by atoms with Gasteiger partial charge in [-0.05, 0) is 84.8 Å². The van der Waals surface area contributed by atoms with Crippen molar-refractivity contribution in [1.29, 1.82) is 0 Å². The van der Waals surface area contributed by atoms with E-state index in [0.29, 0.717) is 12.8 Å². The van der Waals surface area contributed by atoms with E-state index in [4.69, 9.17) is 4.42 Å². The van der Waals surface area contributed by atoms with Gasteiger partial charge >= 0.3 is 0 Å². The second-order valence-electron chi connectivity index (χ2n) is 7.97. The Morgan fingerprint density at radius 1 is 0.893 bits per heavy atom. The maximum atomic E-state index is 10.3. The number of aliphatic hydroxyl groups is 2. The Bertz CT molecular complexity index is 671. The van der Waals surface area contributed by atoms with Crippen LogP contribution < -0.4 is 0 Å². The second-order valence-corrected chi connectivity index (χ2v) is 7.97. The standard InChI is InChI=1S/C25H38O3/c1-19(2)8-6-9-20(3)10-7-11-21(4)12-14-24(26)22(5)13-15-25(27)23-16-17-28-18-23/h8,10,12-13,16-18,24-27H,6-7,9,11,14-15H2,1-5H3. The third-order valence-corrected chi connectivity index (χ3v) is 4.93. The monoisotopic (exact) mass is 386 g/mol.